The molecule has 24 heavy (non-hydrogen) atoms. The zero-order valence-corrected chi connectivity index (χ0v) is 15.0. The quantitative estimate of drug-likeness (QED) is 0.839. The van der Waals surface area contributed by atoms with Crippen molar-refractivity contribution in [2.24, 2.45) is 0 Å². The Bertz CT molecular complexity index is 667. The van der Waals surface area contributed by atoms with E-state index in [4.69, 9.17) is 0 Å². The van der Waals surface area contributed by atoms with Gasteiger partial charge in [-0.15, -0.1) is 23.5 Å². The minimum Gasteiger partial charge on any atom is -0.352 e. The van der Waals surface area contributed by atoms with Crippen LogP contribution >= 0.6 is 23.5 Å². The molecular weight excluding hydrogens is 341 g/mol. The fourth-order valence-corrected chi connectivity index (χ4v) is 5.44. The first kappa shape index (κ1) is 17.4. The Hall–Kier alpha value is -1.46. The molecule has 1 N–H and O–H groups in total. The zero-order chi connectivity index (χ0) is 16.8. The smallest absolute Gasteiger partial charge is 0.251 e. The van der Waals surface area contributed by atoms with Gasteiger partial charge in [0.25, 0.3) is 5.91 Å². The Labute approximate surface area is 150 Å². The molecule has 0 atom stereocenters. The SMILES string of the molecule is O=C(NCCc1ccc(F)cc1)c1ccc(C2SCCCS2)cc1. The summed E-state index contributed by atoms with van der Waals surface area (Å²) in [5, 5.41) is 2.92. The number of nitrogens with one attached hydrogen (secondary N) is 1. The number of hydrogen-bond donors (Lipinski definition) is 1. The molecule has 0 saturated carbocycles. The van der Waals surface area contributed by atoms with Gasteiger partial charge in [0.15, 0.2) is 0 Å². The highest BCUT2D eigenvalue weighted by atomic mass is 32.2. The minimum atomic E-state index is -0.239. The van der Waals surface area contributed by atoms with Crippen LogP contribution in [0.15, 0.2) is 48.5 Å². The first-order valence-corrected chi connectivity index (χ1v) is 10.2. The Kier molecular flexibility index (Phi) is 6.21. The summed E-state index contributed by atoms with van der Waals surface area (Å²) in [6.45, 7) is 0.542. The van der Waals surface area contributed by atoms with Crippen molar-refractivity contribution in [3.05, 3.63) is 71.0 Å². The van der Waals surface area contributed by atoms with Crippen LogP contribution in [0.4, 0.5) is 4.39 Å². The van der Waals surface area contributed by atoms with Gasteiger partial charge in [0.1, 0.15) is 5.82 Å². The molecule has 1 heterocycles. The van der Waals surface area contributed by atoms with Crippen LogP contribution in [-0.2, 0) is 6.42 Å². The number of amides is 1. The third kappa shape index (κ3) is 4.77. The molecule has 126 valence electrons. The van der Waals surface area contributed by atoms with Crippen molar-refractivity contribution in [3.8, 4) is 0 Å². The average Bonchev–Trinajstić information content (AvgIpc) is 2.64. The predicted octanol–water partition coefficient (Wildman–Crippen LogP) is 4.67. The molecule has 0 radical (unpaired) electrons. The number of hydrogen-bond acceptors (Lipinski definition) is 3. The number of benzene rings is 2. The number of halogens is 1. The maximum Gasteiger partial charge on any atom is 0.251 e. The van der Waals surface area contributed by atoms with E-state index in [-0.39, 0.29) is 11.7 Å². The van der Waals surface area contributed by atoms with Gasteiger partial charge in [-0.1, -0.05) is 24.3 Å². The van der Waals surface area contributed by atoms with E-state index in [9.17, 15) is 9.18 Å². The van der Waals surface area contributed by atoms with Crippen LogP contribution in [0.3, 0.4) is 0 Å². The summed E-state index contributed by atoms with van der Waals surface area (Å²) in [7, 11) is 0. The second-order valence-corrected chi connectivity index (χ2v) is 8.41. The summed E-state index contributed by atoms with van der Waals surface area (Å²) in [5.74, 6) is 2.12. The van der Waals surface area contributed by atoms with E-state index in [0.29, 0.717) is 23.1 Å². The van der Waals surface area contributed by atoms with Crippen molar-refractivity contribution in [1.29, 1.82) is 0 Å². The van der Waals surface area contributed by atoms with Crippen LogP contribution < -0.4 is 5.32 Å². The van der Waals surface area contributed by atoms with Crippen molar-refractivity contribution >= 4 is 29.4 Å². The molecule has 3 rings (SSSR count). The molecule has 0 unspecified atom stereocenters. The third-order valence-electron chi connectivity index (χ3n) is 3.88. The minimum absolute atomic E-state index is 0.0624. The Morgan fingerprint density at radius 3 is 2.38 bits per heavy atom. The largest absolute Gasteiger partial charge is 0.352 e. The van der Waals surface area contributed by atoms with Crippen LogP contribution in [0.2, 0.25) is 0 Å². The van der Waals surface area contributed by atoms with Crippen molar-refractivity contribution < 1.29 is 9.18 Å². The molecule has 1 saturated heterocycles. The van der Waals surface area contributed by atoms with Crippen LogP contribution in [0, 0.1) is 5.82 Å². The van der Waals surface area contributed by atoms with E-state index in [1.165, 1.54) is 35.6 Å². The topological polar surface area (TPSA) is 29.1 Å². The van der Waals surface area contributed by atoms with E-state index in [2.05, 4.69) is 17.4 Å². The van der Waals surface area contributed by atoms with Crippen LogP contribution in [0.5, 0.6) is 0 Å². The molecule has 2 nitrogen and oxygen atoms in total. The molecule has 0 spiro atoms. The van der Waals surface area contributed by atoms with E-state index in [0.717, 1.165) is 5.56 Å². The molecule has 1 amide bonds. The third-order valence-corrected chi connectivity index (χ3v) is 6.90. The van der Waals surface area contributed by atoms with Gasteiger partial charge in [-0.25, -0.2) is 4.39 Å². The van der Waals surface area contributed by atoms with Gasteiger partial charge in [-0.2, -0.15) is 0 Å². The standard InChI is InChI=1S/C19H20FNOS2/c20-17-8-2-14(3-9-17)10-11-21-18(22)15-4-6-16(7-5-15)19-23-12-1-13-24-19/h2-9,19H,1,10-13H2,(H,21,22). The Balaban J connectivity index is 1.50. The molecule has 0 bridgehead atoms. The predicted molar refractivity (Wildman–Crippen MR) is 101 cm³/mol. The van der Waals surface area contributed by atoms with Crippen molar-refractivity contribution in [1.82, 2.24) is 5.32 Å². The van der Waals surface area contributed by atoms with Crippen molar-refractivity contribution in [3.63, 3.8) is 0 Å². The lowest BCUT2D eigenvalue weighted by atomic mass is 10.1. The van der Waals surface area contributed by atoms with Crippen molar-refractivity contribution in [2.75, 3.05) is 18.1 Å². The van der Waals surface area contributed by atoms with E-state index < -0.39 is 0 Å². The average molecular weight is 362 g/mol. The van der Waals surface area contributed by atoms with E-state index in [1.807, 2.05) is 35.7 Å². The maximum atomic E-state index is 12.9. The maximum absolute atomic E-state index is 12.9. The molecule has 2 aromatic rings. The molecular formula is C19H20FNOS2. The van der Waals surface area contributed by atoms with Gasteiger partial charge in [0, 0.05) is 12.1 Å². The second kappa shape index (κ2) is 8.58. The zero-order valence-electron chi connectivity index (χ0n) is 13.3. The van der Waals surface area contributed by atoms with Gasteiger partial charge in [0.2, 0.25) is 0 Å². The fraction of sp³-hybridized carbons (Fsp3) is 0.316. The van der Waals surface area contributed by atoms with Crippen molar-refractivity contribution in [2.45, 2.75) is 17.4 Å². The van der Waals surface area contributed by atoms with Gasteiger partial charge in [0.05, 0.1) is 4.58 Å². The highest BCUT2D eigenvalue weighted by Gasteiger charge is 2.16. The number of thioether (sulfide) groups is 2. The van der Waals surface area contributed by atoms with Gasteiger partial charge in [-0.05, 0) is 59.7 Å². The molecule has 2 aromatic carbocycles. The highest BCUT2D eigenvalue weighted by Crippen LogP contribution is 2.43. The highest BCUT2D eigenvalue weighted by molar-refractivity contribution is 8.16. The number of rotatable bonds is 5. The lowest BCUT2D eigenvalue weighted by Crippen LogP contribution is -2.25. The molecule has 1 aliphatic rings. The van der Waals surface area contributed by atoms with Crippen LogP contribution in [-0.4, -0.2) is 24.0 Å². The number of carbonyl (C=O) groups excluding carboxylic acids is 1. The van der Waals surface area contributed by atoms with Crippen LogP contribution in [0.25, 0.3) is 0 Å². The van der Waals surface area contributed by atoms with E-state index in [1.54, 1.807) is 12.1 Å². The van der Waals surface area contributed by atoms with Crippen LogP contribution in [0.1, 0.15) is 32.5 Å². The molecule has 0 aliphatic carbocycles. The summed E-state index contributed by atoms with van der Waals surface area (Å²) in [6.07, 6.45) is 1.97. The van der Waals surface area contributed by atoms with E-state index >= 15 is 0 Å². The first-order chi connectivity index (χ1) is 11.7. The summed E-state index contributed by atoms with van der Waals surface area (Å²) >= 11 is 3.96. The summed E-state index contributed by atoms with van der Waals surface area (Å²) < 4.78 is 13.3. The lowest BCUT2D eigenvalue weighted by molar-refractivity contribution is 0.0954. The normalized spacial score (nSPS) is 15.2. The molecule has 1 aliphatic heterocycles. The summed E-state index contributed by atoms with van der Waals surface area (Å²) in [6, 6.07) is 14.3. The second-order valence-electron chi connectivity index (χ2n) is 5.68. The number of carbonyl (C=O) groups is 1. The molecule has 5 heteroatoms. The van der Waals surface area contributed by atoms with Gasteiger partial charge < -0.3 is 5.32 Å². The fourth-order valence-electron chi connectivity index (χ4n) is 2.55. The molecule has 1 fully saturated rings. The summed E-state index contributed by atoms with van der Waals surface area (Å²) in [4.78, 5) is 12.2. The monoisotopic (exact) mass is 361 g/mol. The Morgan fingerprint density at radius 2 is 1.71 bits per heavy atom. The molecule has 0 aromatic heterocycles. The lowest BCUT2D eigenvalue weighted by Gasteiger charge is -2.21. The van der Waals surface area contributed by atoms with Gasteiger partial charge >= 0.3 is 0 Å². The summed E-state index contributed by atoms with van der Waals surface area (Å²) in [5.41, 5.74) is 2.98. The first-order valence-electron chi connectivity index (χ1n) is 8.08. The Morgan fingerprint density at radius 1 is 1.04 bits per heavy atom. The van der Waals surface area contributed by atoms with Gasteiger partial charge in [-0.3, -0.25) is 4.79 Å².